The minimum absolute atomic E-state index is 0.759. The van der Waals surface area contributed by atoms with Crippen LogP contribution in [0.1, 0.15) is 11.1 Å². The molecule has 0 fully saturated rings. The minimum atomic E-state index is 0.759. The standard InChI is InChI=1S/C13H16N4/c1-16-13(14)11(8-15-16)9-17-7-6-10-4-2-3-5-12(10)17/h2-5,8H,6-7,9,14H2,1H3. The Kier molecular flexibility index (Phi) is 2.28. The average Bonchev–Trinajstić information content (AvgIpc) is 2.89. The van der Waals surface area contributed by atoms with E-state index in [-0.39, 0.29) is 0 Å². The van der Waals surface area contributed by atoms with Gasteiger partial charge in [0.1, 0.15) is 5.82 Å². The van der Waals surface area contributed by atoms with Crippen molar-refractivity contribution in [3.05, 3.63) is 41.6 Å². The van der Waals surface area contributed by atoms with Gasteiger partial charge in [0.2, 0.25) is 0 Å². The lowest BCUT2D eigenvalue weighted by molar-refractivity contribution is 0.777. The zero-order valence-electron chi connectivity index (χ0n) is 9.93. The second kappa shape index (κ2) is 3.80. The molecule has 2 N–H and O–H groups in total. The van der Waals surface area contributed by atoms with E-state index in [0.29, 0.717) is 0 Å². The van der Waals surface area contributed by atoms with Crippen LogP contribution in [0, 0.1) is 0 Å². The van der Waals surface area contributed by atoms with Gasteiger partial charge in [-0.2, -0.15) is 5.10 Å². The zero-order valence-corrected chi connectivity index (χ0v) is 9.93. The molecule has 4 nitrogen and oxygen atoms in total. The van der Waals surface area contributed by atoms with Crippen LogP contribution in [0.4, 0.5) is 11.5 Å². The van der Waals surface area contributed by atoms with Crippen molar-refractivity contribution in [2.75, 3.05) is 17.2 Å². The Bertz CT molecular complexity index is 544. The van der Waals surface area contributed by atoms with Gasteiger partial charge < -0.3 is 10.6 Å². The fraction of sp³-hybridized carbons (Fsp3) is 0.308. The van der Waals surface area contributed by atoms with Crippen LogP contribution in [0.25, 0.3) is 0 Å². The summed E-state index contributed by atoms with van der Waals surface area (Å²) in [5.74, 6) is 0.759. The third kappa shape index (κ3) is 1.65. The smallest absolute Gasteiger partial charge is 0.126 e. The largest absolute Gasteiger partial charge is 0.384 e. The second-order valence-electron chi connectivity index (χ2n) is 4.48. The number of aromatic nitrogens is 2. The van der Waals surface area contributed by atoms with Gasteiger partial charge in [0.05, 0.1) is 6.20 Å². The summed E-state index contributed by atoms with van der Waals surface area (Å²) in [5, 5.41) is 4.18. The maximum atomic E-state index is 5.97. The van der Waals surface area contributed by atoms with Gasteiger partial charge >= 0.3 is 0 Å². The van der Waals surface area contributed by atoms with E-state index in [2.05, 4.69) is 34.3 Å². The Labute approximate surface area is 101 Å². The Hall–Kier alpha value is -1.97. The van der Waals surface area contributed by atoms with Crippen LogP contribution in [-0.4, -0.2) is 16.3 Å². The van der Waals surface area contributed by atoms with Crippen LogP contribution >= 0.6 is 0 Å². The lowest BCUT2D eigenvalue weighted by atomic mass is 10.2. The molecule has 0 saturated heterocycles. The lowest BCUT2D eigenvalue weighted by Gasteiger charge is -2.18. The summed E-state index contributed by atoms with van der Waals surface area (Å²) in [7, 11) is 1.87. The number of aryl methyl sites for hydroxylation is 1. The first-order valence-electron chi connectivity index (χ1n) is 5.85. The van der Waals surface area contributed by atoms with Gasteiger partial charge in [-0.1, -0.05) is 18.2 Å². The molecule has 0 amide bonds. The molecule has 0 atom stereocenters. The number of rotatable bonds is 2. The molecule has 0 aliphatic carbocycles. The lowest BCUT2D eigenvalue weighted by Crippen LogP contribution is -2.20. The Morgan fingerprint density at radius 2 is 2.18 bits per heavy atom. The van der Waals surface area contributed by atoms with E-state index in [9.17, 15) is 0 Å². The van der Waals surface area contributed by atoms with Gasteiger partial charge in [-0.15, -0.1) is 0 Å². The topological polar surface area (TPSA) is 47.1 Å². The predicted octanol–water partition coefficient (Wildman–Crippen LogP) is 1.57. The predicted molar refractivity (Wildman–Crippen MR) is 68.8 cm³/mol. The molecule has 1 aliphatic heterocycles. The van der Waals surface area contributed by atoms with Crippen molar-refractivity contribution in [2.45, 2.75) is 13.0 Å². The van der Waals surface area contributed by atoms with Crippen molar-refractivity contribution < 1.29 is 0 Å². The van der Waals surface area contributed by atoms with Crippen LogP contribution < -0.4 is 10.6 Å². The number of anilines is 2. The summed E-state index contributed by atoms with van der Waals surface area (Å²) in [5.41, 5.74) is 9.83. The van der Waals surface area contributed by atoms with E-state index in [1.54, 1.807) is 4.68 Å². The molecule has 3 rings (SSSR count). The van der Waals surface area contributed by atoms with Crippen molar-refractivity contribution in [3.8, 4) is 0 Å². The number of nitrogens with two attached hydrogens (primary N) is 1. The van der Waals surface area contributed by atoms with E-state index < -0.39 is 0 Å². The van der Waals surface area contributed by atoms with Gasteiger partial charge in [0, 0.05) is 31.4 Å². The molecule has 1 aromatic carbocycles. The number of hydrogen-bond acceptors (Lipinski definition) is 3. The molecule has 0 radical (unpaired) electrons. The molecular weight excluding hydrogens is 212 g/mol. The van der Waals surface area contributed by atoms with Crippen LogP contribution in [0.5, 0.6) is 0 Å². The molecule has 0 spiro atoms. The fourth-order valence-corrected chi connectivity index (χ4v) is 2.39. The van der Waals surface area contributed by atoms with Crippen LogP contribution in [-0.2, 0) is 20.0 Å². The fourth-order valence-electron chi connectivity index (χ4n) is 2.39. The minimum Gasteiger partial charge on any atom is -0.384 e. The first-order valence-corrected chi connectivity index (χ1v) is 5.85. The third-order valence-electron chi connectivity index (χ3n) is 3.41. The number of nitrogen functional groups attached to an aromatic ring is 1. The van der Waals surface area contributed by atoms with Gasteiger partial charge in [0.25, 0.3) is 0 Å². The van der Waals surface area contributed by atoms with Crippen molar-refractivity contribution in [2.24, 2.45) is 7.05 Å². The molecule has 2 aromatic rings. The number of para-hydroxylation sites is 1. The quantitative estimate of drug-likeness (QED) is 0.848. The molecule has 17 heavy (non-hydrogen) atoms. The van der Waals surface area contributed by atoms with E-state index in [1.165, 1.54) is 11.3 Å². The van der Waals surface area contributed by atoms with Gasteiger partial charge in [-0.05, 0) is 18.1 Å². The second-order valence-corrected chi connectivity index (χ2v) is 4.48. The van der Waals surface area contributed by atoms with Crippen LogP contribution in [0.2, 0.25) is 0 Å². The van der Waals surface area contributed by atoms with E-state index in [0.717, 1.165) is 30.9 Å². The van der Waals surface area contributed by atoms with Crippen molar-refractivity contribution >= 4 is 11.5 Å². The molecule has 1 aliphatic rings. The summed E-state index contributed by atoms with van der Waals surface area (Å²) >= 11 is 0. The third-order valence-corrected chi connectivity index (χ3v) is 3.41. The first-order chi connectivity index (χ1) is 8.25. The van der Waals surface area contributed by atoms with Gasteiger partial charge in [-0.3, -0.25) is 4.68 Å². The number of fused-ring (bicyclic) bond motifs is 1. The maximum absolute atomic E-state index is 5.97. The highest BCUT2D eigenvalue weighted by atomic mass is 15.3. The van der Waals surface area contributed by atoms with E-state index in [1.807, 2.05) is 13.2 Å². The Morgan fingerprint density at radius 1 is 1.35 bits per heavy atom. The van der Waals surface area contributed by atoms with E-state index in [4.69, 9.17) is 5.73 Å². The number of nitrogens with zero attached hydrogens (tertiary/aromatic N) is 3. The molecule has 4 heteroatoms. The van der Waals surface area contributed by atoms with Crippen molar-refractivity contribution in [1.29, 1.82) is 0 Å². The van der Waals surface area contributed by atoms with Crippen LogP contribution in [0.3, 0.4) is 0 Å². The molecule has 0 bridgehead atoms. The molecule has 0 unspecified atom stereocenters. The molecule has 1 aromatic heterocycles. The highest BCUT2D eigenvalue weighted by Gasteiger charge is 2.19. The maximum Gasteiger partial charge on any atom is 0.126 e. The van der Waals surface area contributed by atoms with Crippen LogP contribution in [0.15, 0.2) is 30.5 Å². The zero-order chi connectivity index (χ0) is 11.8. The van der Waals surface area contributed by atoms with Gasteiger partial charge in [0.15, 0.2) is 0 Å². The summed E-state index contributed by atoms with van der Waals surface area (Å²) in [6, 6.07) is 8.56. The Morgan fingerprint density at radius 3 is 2.94 bits per heavy atom. The Balaban J connectivity index is 1.86. The first kappa shape index (κ1) is 10.2. The number of hydrogen-bond donors (Lipinski definition) is 1. The molecular formula is C13H16N4. The van der Waals surface area contributed by atoms with E-state index >= 15 is 0 Å². The average molecular weight is 228 g/mol. The monoisotopic (exact) mass is 228 g/mol. The summed E-state index contributed by atoms with van der Waals surface area (Å²) in [6.07, 6.45) is 2.98. The summed E-state index contributed by atoms with van der Waals surface area (Å²) < 4.78 is 1.72. The summed E-state index contributed by atoms with van der Waals surface area (Å²) in [6.45, 7) is 1.91. The highest BCUT2D eigenvalue weighted by Crippen LogP contribution is 2.29. The molecule has 88 valence electrons. The highest BCUT2D eigenvalue weighted by molar-refractivity contribution is 5.58. The normalized spacial score (nSPS) is 14.1. The summed E-state index contributed by atoms with van der Waals surface area (Å²) in [4.78, 5) is 2.36. The molecule has 2 heterocycles. The van der Waals surface area contributed by atoms with Crippen molar-refractivity contribution in [3.63, 3.8) is 0 Å². The van der Waals surface area contributed by atoms with Crippen molar-refractivity contribution in [1.82, 2.24) is 9.78 Å². The molecule has 0 saturated carbocycles. The number of benzene rings is 1. The van der Waals surface area contributed by atoms with Gasteiger partial charge in [-0.25, -0.2) is 0 Å². The SMILES string of the molecule is Cn1ncc(CN2CCc3ccccc32)c1N.